The average molecular weight is 477 g/mol. The van der Waals surface area contributed by atoms with E-state index < -0.39 is 0 Å². The highest BCUT2D eigenvalue weighted by molar-refractivity contribution is 7.13. The molecule has 1 saturated heterocycles. The van der Waals surface area contributed by atoms with Gasteiger partial charge in [0.1, 0.15) is 11.9 Å². The van der Waals surface area contributed by atoms with Crippen molar-refractivity contribution in [3.8, 4) is 0 Å². The Hall–Kier alpha value is -2.48. The van der Waals surface area contributed by atoms with Crippen LogP contribution in [-0.4, -0.2) is 61.1 Å². The summed E-state index contributed by atoms with van der Waals surface area (Å²) in [5.74, 6) is 1.69. The number of carbonyl (C=O) groups is 1. The van der Waals surface area contributed by atoms with Crippen LogP contribution >= 0.6 is 11.5 Å². The van der Waals surface area contributed by atoms with Crippen molar-refractivity contribution in [2.75, 3.05) is 55.7 Å². The fraction of sp³-hybridized carbons (Fsp3) is 0.481. The zero-order valence-electron chi connectivity index (χ0n) is 19.8. The van der Waals surface area contributed by atoms with Crippen LogP contribution in [0.5, 0.6) is 0 Å². The number of para-hydroxylation sites is 1. The molecule has 3 aliphatic rings. The molecule has 2 unspecified atom stereocenters. The molecule has 7 heteroatoms. The fourth-order valence-electron chi connectivity index (χ4n) is 5.70. The molecule has 0 bridgehead atoms. The number of hydrogen-bond donors (Lipinski definition) is 0. The molecule has 0 aliphatic carbocycles. The molecule has 1 fully saturated rings. The van der Waals surface area contributed by atoms with Crippen molar-refractivity contribution in [3.63, 3.8) is 0 Å². The predicted molar refractivity (Wildman–Crippen MR) is 138 cm³/mol. The number of unbranched alkanes of at least 4 members (excludes halogenated alkanes) is 1. The second-order valence-corrected chi connectivity index (χ2v) is 10.6. The molecule has 0 saturated carbocycles. The molecule has 3 aliphatic heterocycles. The Kier molecular flexibility index (Phi) is 6.01. The molecule has 0 radical (unpaired) electrons. The molecule has 2 atom stereocenters. The van der Waals surface area contributed by atoms with E-state index in [1.807, 2.05) is 4.90 Å². The summed E-state index contributed by atoms with van der Waals surface area (Å²) in [6, 6.07) is 15.0. The van der Waals surface area contributed by atoms with Crippen molar-refractivity contribution in [3.05, 3.63) is 53.6 Å². The molecule has 1 amide bonds. The van der Waals surface area contributed by atoms with Gasteiger partial charge in [-0.05, 0) is 54.5 Å². The molecular weight excluding hydrogens is 444 g/mol. The first kappa shape index (κ1) is 22.0. The summed E-state index contributed by atoms with van der Waals surface area (Å²) in [5, 5.41) is 1.28. The van der Waals surface area contributed by atoms with Crippen LogP contribution in [0.2, 0.25) is 0 Å². The Labute approximate surface area is 205 Å². The van der Waals surface area contributed by atoms with Gasteiger partial charge in [0.05, 0.1) is 16.9 Å². The normalized spacial score (nSPS) is 22.6. The van der Waals surface area contributed by atoms with Gasteiger partial charge in [-0.15, -0.1) is 0 Å². The van der Waals surface area contributed by atoms with Crippen LogP contribution in [-0.2, 0) is 9.53 Å². The van der Waals surface area contributed by atoms with Crippen LogP contribution in [0.25, 0.3) is 10.1 Å². The monoisotopic (exact) mass is 476 g/mol. The minimum Gasteiger partial charge on any atom is -0.372 e. The lowest BCUT2D eigenvalue weighted by molar-refractivity contribution is -0.119. The van der Waals surface area contributed by atoms with Gasteiger partial charge >= 0.3 is 0 Å². The summed E-state index contributed by atoms with van der Waals surface area (Å²) < 4.78 is 12.3. The number of amides is 1. The molecular formula is C27H32N4O2S. The second-order valence-electron chi connectivity index (χ2n) is 9.79. The zero-order chi connectivity index (χ0) is 23.1. The molecule has 34 heavy (non-hydrogen) atoms. The summed E-state index contributed by atoms with van der Waals surface area (Å²) in [6.45, 7) is 8.92. The van der Waals surface area contributed by atoms with Crippen molar-refractivity contribution < 1.29 is 9.53 Å². The van der Waals surface area contributed by atoms with Crippen LogP contribution in [0.4, 0.5) is 11.5 Å². The SMILES string of the molecule is CC1CC(=O)N2CC(OCCCCN3CCN(c4nsc5ccccc45)CC3)c3cccc1c32. The summed E-state index contributed by atoms with van der Waals surface area (Å²) in [4.78, 5) is 19.5. The number of carbonyl (C=O) groups excluding carboxylic acids is 1. The number of hydrogen-bond acceptors (Lipinski definition) is 6. The van der Waals surface area contributed by atoms with Gasteiger partial charge in [-0.25, -0.2) is 0 Å². The Morgan fingerprint density at radius 2 is 1.85 bits per heavy atom. The van der Waals surface area contributed by atoms with Gasteiger partial charge in [-0.2, -0.15) is 4.37 Å². The Morgan fingerprint density at radius 1 is 1.03 bits per heavy atom. The van der Waals surface area contributed by atoms with E-state index in [-0.39, 0.29) is 12.0 Å². The van der Waals surface area contributed by atoms with Gasteiger partial charge < -0.3 is 14.5 Å². The van der Waals surface area contributed by atoms with Gasteiger partial charge in [0.2, 0.25) is 5.91 Å². The quantitative estimate of drug-likeness (QED) is 0.458. The molecule has 2 aromatic carbocycles. The number of rotatable bonds is 7. The standard InChI is InChI=1S/C27H32N4O2S/c1-19-17-25(32)31-18-23(21-9-6-8-20(19)26(21)31)33-16-5-4-11-29-12-14-30(15-13-29)27-22-7-2-3-10-24(22)34-28-27/h2-3,6-10,19,23H,4-5,11-18H2,1H3. The molecule has 0 spiro atoms. The maximum absolute atomic E-state index is 12.5. The second kappa shape index (κ2) is 9.29. The first-order valence-electron chi connectivity index (χ1n) is 12.6. The Bertz CT molecular complexity index is 1190. The van der Waals surface area contributed by atoms with Crippen LogP contribution < -0.4 is 9.80 Å². The van der Waals surface area contributed by atoms with Gasteiger partial charge in [-0.1, -0.05) is 37.3 Å². The van der Waals surface area contributed by atoms with Crippen molar-refractivity contribution in [1.29, 1.82) is 0 Å². The highest BCUT2D eigenvalue weighted by Gasteiger charge is 2.39. The van der Waals surface area contributed by atoms with Crippen molar-refractivity contribution in [2.24, 2.45) is 0 Å². The van der Waals surface area contributed by atoms with Crippen LogP contribution in [0.15, 0.2) is 42.5 Å². The van der Waals surface area contributed by atoms with E-state index in [1.165, 1.54) is 21.2 Å². The third kappa shape index (κ3) is 4.00. The lowest BCUT2D eigenvalue weighted by Crippen LogP contribution is -2.46. The molecule has 1 aromatic heterocycles. The van der Waals surface area contributed by atoms with Gasteiger partial charge in [0, 0.05) is 50.2 Å². The molecule has 0 N–H and O–H groups in total. The predicted octanol–water partition coefficient (Wildman–Crippen LogP) is 4.81. The molecule has 178 valence electrons. The summed E-state index contributed by atoms with van der Waals surface area (Å²) >= 11 is 1.60. The van der Waals surface area contributed by atoms with E-state index in [4.69, 9.17) is 9.11 Å². The maximum Gasteiger partial charge on any atom is 0.227 e. The van der Waals surface area contributed by atoms with Gasteiger partial charge in [-0.3, -0.25) is 9.69 Å². The first-order valence-corrected chi connectivity index (χ1v) is 13.3. The summed E-state index contributed by atoms with van der Waals surface area (Å²) in [5.41, 5.74) is 3.62. The van der Waals surface area contributed by atoms with Crippen molar-refractivity contribution >= 4 is 39.0 Å². The van der Waals surface area contributed by atoms with Crippen molar-refractivity contribution in [2.45, 2.75) is 38.2 Å². The molecule has 4 heterocycles. The van der Waals surface area contributed by atoms with E-state index in [1.54, 1.807) is 11.5 Å². The van der Waals surface area contributed by atoms with E-state index in [9.17, 15) is 4.79 Å². The molecule has 3 aromatic rings. The summed E-state index contributed by atoms with van der Waals surface area (Å²) in [6.07, 6.45) is 2.81. The van der Waals surface area contributed by atoms with Gasteiger partial charge in [0.15, 0.2) is 0 Å². The summed E-state index contributed by atoms with van der Waals surface area (Å²) in [7, 11) is 0. The zero-order valence-corrected chi connectivity index (χ0v) is 20.6. The van der Waals surface area contributed by atoms with E-state index in [0.29, 0.717) is 18.9 Å². The van der Waals surface area contributed by atoms with Gasteiger partial charge in [0.25, 0.3) is 0 Å². The van der Waals surface area contributed by atoms with Crippen molar-refractivity contribution in [1.82, 2.24) is 9.27 Å². The minimum absolute atomic E-state index is 0.0145. The number of nitrogens with zero attached hydrogens (tertiary/aromatic N) is 4. The number of anilines is 2. The lowest BCUT2D eigenvalue weighted by atomic mass is 9.90. The average Bonchev–Trinajstić information content (AvgIpc) is 3.46. The molecule has 6 rings (SSSR count). The number of aromatic nitrogens is 1. The number of ether oxygens (including phenoxy) is 1. The Balaban J connectivity index is 0.959. The van der Waals surface area contributed by atoms with Crippen LogP contribution in [0.1, 0.15) is 49.3 Å². The fourth-order valence-corrected chi connectivity index (χ4v) is 6.50. The maximum atomic E-state index is 12.5. The van der Waals surface area contributed by atoms with Crippen LogP contribution in [0.3, 0.4) is 0 Å². The van der Waals surface area contributed by atoms with E-state index >= 15 is 0 Å². The third-order valence-corrected chi connectivity index (χ3v) is 8.41. The van der Waals surface area contributed by atoms with E-state index in [2.05, 4.69) is 59.2 Å². The number of piperazine rings is 1. The Morgan fingerprint density at radius 3 is 2.74 bits per heavy atom. The number of benzene rings is 2. The minimum atomic E-state index is 0.0145. The van der Waals surface area contributed by atoms with Crippen LogP contribution in [0, 0.1) is 0 Å². The first-order chi connectivity index (χ1) is 16.7. The highest BCUT2D eigenvalue weighted by atomic mass is 32.1. The number of fused-ring (bicyclic) bond motifs is 1. The van der Waals surface area contributed by atoms with E-state index in [0.717, 1.165) is 63.7 Å². The third-order valence-electron chi connectivity index (χ3n) is 7.59. The highest BCUT2D eigenvalue weighted by Crippen LogP contribution is 2.46. The molecule has 6 nitrogen and oxygen atoms in total. The largest absolute Gasteiger partial charge is 0.372 e. The smallest absolute Gasteiger partial charge is 0.227 e. The topological polar surface area (TPSA) is 48.9 Å². The lowest BCUT2D eigenvalue weighted by Gasteiger charge is -2.35.